The molecule has 0 N–H and O–H groups in total. The maximum atomic E-state index is 11.7. The Kier molecular flexibility index (Phi) is 2.53. The molecule has 65 valence electrons. The Morgan fingerprint density at radius 3 is 2.25 bits per heavy atom. The average Bonchev–Trinajstić information content (AvgIpc) is 2.03. The SMILES string of the molecule is CCc1ccccc1C(C)(C)[O]. The van der Waals surface area contributed by atoms with Gasteiger partial charge in [-0.05, 0) is 31.4 Å². The highest BCUT2D eigenvalue weighted by Crippen LogP contribution is 2.24. The number of rotatable bonds is 2. The van der Waals surface area contributed by atoms with Gasteiger partial charge in [0.25, 0.3) is 0 Å². The number of hydrogen-bond donors (Lipinski definition) is 0. The summed E-state index contributed by atoms with van der Waals surface area (Å²) in [6.07, 6.45) is 0.932. The summed E-state index contributed by atoms with van der Waals surface area (Å²) in [6.45, 7) is 5.49. The van der Waals surface area contributed by atoms with Crippen molar-refractivity contribution in [3.63, 3.8) is 0 Å². The lowest BCUT2D eigenvalue weighted by atomic mass is 9.92. The van der Waals surface area contributed by atoms with Crippen molar-refractivity contribution in [3.05, 3.63) is 35.4 Å². The van der Waals surface area contributed by atoms with E-state index in [1.54, 1.807) is 13.8 Å². The Hall–Kier alpha value is -0.820. The molecule has 12 heavy (non-hydrogen) atoms. The van der Waals surface area contributed by atoms with Gasteiger partial charge in [-0.15, -0.1) is 0 Å². The zero-order chi connectivity index (χ0) is 9.19. The molecule has 0 amide bonds. The highest BCUT2D eigenvalue weighted by molar-refractivity contribution is 5.31. The first-order valence-corrected chi connectivity index (χ1v) is 4.34. The van der Waals surface area contributed by atoms with Crippen molar-refractivity contribution in [2.45, 2.75) is 32.8 Å². The smallest absolute Gasteiger partial charge is 0.123 e. The third kappa shape index (κ3) is 1.86. The minimum Gasteiger partial charge on any atom is -0.225 e. The van der Waals surface area contributed by atoms with Gasteiger partial charge in [-0.2, -0.15) is 0 Å². The van der Waals surface area contributed by atoms with Crippen molar-refractivity contribution in [2.24, 2.45) is 0 Å². The Bertz CT molecular complexity index is 258. The van der Waals surface area contributed by atoms with Crippen molar-refractivity contribution in [1.29, 1.82) is 0 Å². The van der Waals surface area contributed by atoms with Crippen LogP contribution in [0.15, 0.2) is 24.3 Å². The first-order chi connectivity index (χ1) is 5.55. The lowest BCUT2D eigenvalue weighted by molar-refractivity contribution is -0.000800. The molecule has 0 atom stereocenters. The van der Waals surface area contributed by atoms with Crippen LogP contribution < -0.4 is 0 Å². The minimum atomic E-state index is -0.966. The van der Waals surface area contributed by atoms with E-state index < -0.39 is 5.60 Å². The highest BCUT2D eigenvalue weighted by atomic mass is 16.3. The van der Waals surface area contributed by atoms with Gasteiger partial charge in [0.05, 0.1) is 0 Å². The number of hydrogen-bond acceptors (Lipinski definition) is 0. The molecule has 0 saturated heterocycles. The fourth-order valence-electron chi connectivity index (χ4n) is 1.42. The molecular formula is C11H15O. The van der Waals surface area contributed by atoms with E-state index in [-0.39, 0.29) is 0 Å². The molecule has 0 saturated carbocycles. The standard InChI is InChI=1S/C11H15O/c1-4-9-7-5-6-8-10(9)11(2,3)12/h5-8H,4H2,1-3H3. The van der Waals surface area contributed by atoms with Gasteiger partial charge >= 0.3 is 0 Å². The summed E-state index contributed by atoms with van der Waals surface area (Å²) in [6, 6.07) is 7.85. The zero-order valence-corrected chi connectivity index (χ0v) is 7.92. The first kappa shape index (κ1) is 9.27. The lowest BCUT2D eigenvalue weighted by Gasteiger charge is -2.18. The fraction of sp³-hybridized carbons (Fsp3) is 0.455. The molecule has 1 radical (unpaired) electrons. The van der Waals surface area contributed by atoms with E-state index >= 15 is 0 Å². The van der Waals surface area contributed by atoms with Crippen LogP contribution >= 0.6 is 0 Å². The molecule has 1 heteroatoms. The number of benzene rings is 1. The molecule has 0 spiro atoms. The van der Waals surface area contributed by atoms with Gasteiger partial charge in [-0.3, -0.25) is 0 Å². The van der Waals surface area contributed by atoms with E-state index in [9.17, 15) is 5.11 Å². The van der Waals surface area contributed by atoms with Gasteiger partial charge in [-0.25, -0.2) is 5.11 Å². The average molecular weight is 163 g/mol. The van der Waals surface area contributed by atoms with Crippen LogP contribution in [0.25, 0.3) is 0 Å². The van der Waals surface area contributed by atoms with Crippen LogP contribution in [0.3, 0.4) is 0 Å². The molecule has 1 nitrogen and oxygen atoms in total. The second-order valence-electron chi connectivity index (χ2n) is 3.52. The zero-order valence-electron chi connectivity index (χ0n) is 7.92. The summed E-state index contributed by atoms with van der Waals surface area (Å²) in [4.78, 5) is 0. The quantitative estimate of drug-likeness (QED) is 0.639. The number of aryl methyl sites for hydroxylation is 1. The van der Waals surface area contributed by atoms with E-state index in [1.807, 2.05) is 24.3 Å². The molecule has 1 rings (SSSR count). The summed E-state index contributed by atoms with van der Waals surface area (Å²) in [5.41, 5.74) is 1.12. The van der Waals surface area contributed by atoms with Crippen LogP contribution in [-0.2, 0) is 17.1 Å². The summed E-state index contributed by atoms with van der Waals surface area (Å²) in [7, 11) is 0. The van der Waals surface area contributed by atoms with Crippen LogP contribution in [0.4, 0.5) is 0 Å². The van der Waals surface area contributed by atoms with Crippen molar-refractivity contribution in [2.75, 3.05) is 0 Å². The van der Waals surface area contributed by atoms with E-state index in [0.29, 0.717) is 0 Å². The van der Waals surface area contributed by atoms with Gasteiger partial charge < -0.3 is 0 Å². The van der Waals surface area contributed by atoms with Gasteiger partial charge in [0.1, 0.15) is 5.60 Å². The van der Waals surface area contributed by atoms with Gasteiger partial charge in [-0.1, -0.05) is 31.2 Å². The van der Waals surface area contributed by atoms with E-state index in [4.69, 9.17) is 0 Å². The van der Waals surface area contributed by atoms with Gasteiger partial charge in [0.2, 0.25) is 0 Å². The topological polar surface area (TPSA) is 19.9 Å². The van der Waals surface area contributed by atoms with Crippen LogP contribution in [0.2, 0.25) is 0 Å². The summed E-state index contributed by atoms with van der Waals surface area (Å²) < 4.78 is 0. The van der Waals surface area contributed by atoms with Crippen molar-refractivity contribution < 1.29 is 5.11 Å². The molecule has 0 aliphatic rings. The second-order valence-corrected chi connectivity index (χ2v) is 3.52. The third-order valence-electron chi connectivity index (χ3n) is 2.05. The monoisotopic (exact) mass is 163 g/mol. The molecule has 0 aliphatic heterocycles. The summed E-state index contributed by atoms with van der Waals surface area (Å²) >= 11 is 0. The van der Waals surface area contributed by atoms with Crippen LogP contribution in [0, 0.1) is 0 Å². The second kappa shape index (κ2) is 3.28. The predicted molar refractivity (Wildman–Crippen MR) is 49.5 cm³/mol. The van der Waals surface area contributed by atoms with Crippen molar-refractivity contribution >= 4 is 0 Å². The molecule has 0 heterocycles. The van der Waals surface area contributed by atoms with Crippen LogP contribution in [0.5, 0.6) is 0 Å². The van der Waals surface area contributed by atoms with Crippen molar-refractivity contribution in [3.8, 4) is 0 Å². The maximum absolute atomic E-state index is 11.7. The Morgan fingerprint density at radius 1 is 1.25 bits per heavy atom. The summed E-state index contributed by atoms with van der Waals surface area (Å²) in [5.74, 6) is 0. The van der Waals surface area contributed by atoms with Crippen molar-refractivity contribution in [1.82, 2.24) is 0 Å². The molecule has 0 bridgehead atoms. The largest absolute Gasteiger partial charge is 0.225 e. The minimum absolute atomic E-state index is 0.924. The Labute approximate surface area is 74.1 Å². The fourth-order valence-corrected chi connectivity index (χ4v) is 1.42. The van der Waals surface area contributed by atoms with E-state index in [2.05, 4.69) is 6.92 Å². The highest BCUT2D eigenvalue weighted by Gasteiger charge is 2.20. The molecule has 0 fully saturated rings. The Morgan fingerprint density at radius 2 is 1.83 bits per heavy atom. The summed E-state index contributed by atoms with van der Waals surface area (Å²) in [5, 5.41) is 11.7. The molecule has 1 aromatic carbocycles. The third-order valence-corrected chi connectivity index (χ3v) is 2.05. The molecule has 1 aromatic rings. The van der Waals surface area contributed by atoms with E-state index in [0.717, 1.165) is 17.5 Å². The maximum Gasteiger partial charge on any atom is 0.123 e. The molecule has 0 aromatic heterocycles. The first-order valence-electron chi connectivity index (χ1n) is 4.34. The molecular weight excluding hydrogens is 148 g/mol. The van der Waals surface area contributed by atoms with Gasteiger partial charge in [0, 0.05) is 0 Å². The Balaban J connectivity index is 3.14. The predicted octanol–water partition coefficient (Wildman–Crippen LogP) is 2.91. The molecule has 0 aliphatic carbocycles. The lowest BCUT2D eigenvalue weighted by Crippen LogP contribution is -2.15. The molecule has 0 unspecified atom stereocenters. The normalized spacial score (nSPS) is 11.7. The van der Waals surface area contributed by atoms with E-state index in [1.165, 1.54) is 0 Å². The van der Waals surface area contributed by atoms with Gasteiger partial charge in [0.15, 0.2) is 0 Å². The van der Waals surface area contributed by atoms with Crippen LogP contribution in [-0.4, -0.2) is 0 Å². The van der Waals surface area contributed by atoms with Crippen LogP contribution in [0.1, 0.15) is 31.9 Å².